The van der Waals surface area contributed by atoms with Crippen LogP contribution in [0.2, 0.25) is 0 Å². The predicted molar refractivity (Wildman–Crippen MR) is 104 cm³/mol. The van der Waals surface area contributed by atoms with Crippen molar-refractivity contribution >= 4 is 17.0 Å². The highest BCUT2D eigenvalue weighted by atomic mass is 16.3. The predicted octanol–water partition coefficient (Wildman–Crippen LogP) is 4.89. The number of fused-ring (bicyclic) bond motifs is 1. The number of carbonyl (C=O) groups is 1. The normalized spacial score (nSPS) is 12.5. The van der Waals surface area contributed by atoms with Crippen molar-refractivity contribution in [3.63, 3.8) is 0 Å². The molecule has 3 aromatic rings. The molecule has 136 valence electrons. The third-order valence-corrected chi connectivity index (χ3v) is 4.59. The van der Waals surface area contributed by atoms with E-state index in [2.05, 4.69) is 50.1 Å². The number of nitrogens with one attached hydrogen (secondary N) is 1. The third kappa shape index (κ3) is 4.31. The average molecular weight is 350 g/mol. The van der Waals surface area contributed by atoms with Gasteiger partial charge >= 0.3 is 0 Å². The van der Waals surface area contributed by atoms with E-state index in [4.69, 9.17) is 4.42 Å². The Morgan fingerprint density at radius 2 is 1.88 bits per heavy atom. The number of oxazole rings is 1. The van der Waals surface area contributed by atoms with Crippen LogP contribution in [0, 0.1) is 19.8 Å². The first-order valence-corrected chi connectivity index (χ1v) is 9.13. The first-order chi connectivity index (χ1) is 12.4. The fraction of sp³-hybridized carbons (Fsp3) is 0.364. The minimum absolute atomic E-state index is 0.0128. The molecule has 3 rings (SSSR count). The molecule has 1 amide bonds. The zero-order valence-electron chi connectivity index (χ0n) is 15.9. The molecule has 4 nitrogen and oxygen atoms in total. The van der Waals surface area contributed by atoms with Gasteiger partial charge in [-0.15, -0.1) is 0 Å². The zero-order valence-corrected chi connectivity index (χ0v) is 15.9. The van der Waals surface area contributed by atoms with E-state index in [9.17, 15) is 4.79 Å². The molecule has 26 heavy (non-hydrogen) atoms. The van der Waals surface area contributed by atoms with Gasteiger partial charge in [0.1, 0.15) is 11.6 Å². The molecule has 0 unspecified atom stereocenters. The van der Waals surface area contributed by atoms with E-state index in [1.807, 2.05) is 30.3 Å². The molecule has 4 heteroatoms. The van der Waals surface area contributed by atoms with Crippen LogP contribution in [-0.4, -0.2) is 10.9 Å². The lowest BCUT2D eigenvalue weighted by Gasteiger charge is -2.18. The van der Waals surface area contributed by atoms with E-state index in [-0.39, 0.29) is 11.9 Å². The van der Waals surface area contributed by atoms with Crippen molar-refractivity contribution in [2.24, 2.45) is 5.92 Å². The summed E-state index contributed by atoms with van der Waals surface area (Å²) in [4.78, 5) is 17.2. The van der Waals surface area contributed by atoms with Crippen LogP contribution in [-0.2, 0) is 11.2 Å². The van der Waals surface area contributed by atoms with Gasteiger partial charge in [-0.05, 0) is 55.0 Å². The third-order valence-electron chi connectivity index (χ3n) is 4.59. The minimum Gasteiger partial charge on any atom is -0.438 e. The summed E-state index contributed by atoms with van der Waals surface area (Å²) in [5, 5.41) is 3.11. The van der Waals surface area contributed by atoms with Crippen LogP contribution < -0.4 is 5.32 Å². The molecule has 1 atom stereocenters. The van der Waals surface area contributed by atoms with Crippen LogP contribution >= 0.6 is 0 Å². The monoisotopic (exact) mass is 350 g/mol. The molecule has 1 N–H and O–H groups in total. The largest absolute Gasteiger partial charge is 0.438 e. The Labute approximate surface area is 154 Å². The van der Waals surface area contributed by atoms with Crippen LogP contribution in [0.25, 0.3) is 11.1 Å². The Morgan fingerprint density at radius 1 is 1.12 bits per heavy atom. The van der Waals surface area contributed by atoms with Gasteiger partial charge in [0.15, 0.2) is 5.58 Å². The molecule has 0 aliphatic heterocycles. The molecule has 2 aromatic carbocycles. The number of benzene rings is 2. The van der Waals surface area contributed by atoms with Crippen LogP contribution in [0.5, 0.6) is 0 Å². The molecule has 0 saturated carbocycles. The fourth-order valence-corrected chi connectivity index (χ4v) is 3.08. The summed E-state index contributed by atoms with van der Waals surface area (Å²) < 4.78 is 5.89. The van der Waals surface area contributed by atoms with Gasteiger partial charge in [-0.25, -0.2) is 4.98 Å². The highest BCUT2D eigenvalue weighted by molar-refractivity contribution is 5.79. The molecule has 0 saturated heterocycles. The molecular formula is C22H26N2O2. The lowest BCUT2D eigenvalue weighted by atomic mass is 10.0. The Balaban J connectivity index is 1.77. The number of rotatable bonds is 6. The van der Waals surface area contributed by atoms with Gasteiger partial charge in [0, 0.05) is 0 Å². The van der Waals surface area contributed by atoms with Crippen molar-refractivity contribution in [3.05, 3.63) is 65.0 Å². The van der Waals surface area contributed by atoms with Crippen molar-refractivity contribution in [2.45, 2.75) is 46.6 Å². The van der Waals surface area contributed by atoms with Crippen LogP contribution in [0.4, 0.5) is 0 Å². The second kappa shape index (κ2) is 7.73. The molecule has 0 aliphatic rings. The summed E-state index contributed by atoms with van der Waals surface area (Å²) in [7, 11) is 0. The molecule has 0 bridgehead atoms. The topological polar surface area (TPSA) is 55.1 Å². The number of aryl methyl sites for hydroxylation is 2. The highest BCUT2D eigenvalue weighted by Crippen LogP contribution is 2.25. The fourth-order valence-electron chi connectivity index (χ4n) is 3.08. The van der Waals surface area contributed by atoms with Crippen molar-refractivity contribution in [1.82, 2.24) is 10.3 Å². The van der Waals surface area contributed by atoms with Crippen LogP contribution in [0.3, 0.4) is 0 Å². The first-order valence-electron chi connectivity index (χ1n) is 9.13. The van der Waals surface area contributed by atoms with Gasteiger partial charge in [0.2, 0.25) is 11.8 Å². The number of amides is 1. The number of hydrogen-bond donors (Lipinski definition) is 1. The lowest BCUT2D eigenvalue weighted by molar-refractivity contribution is -0.121. The summed E-state index contributed by atoms with van der Waals surface area (Å²) in [6, 6.07) is 13.6. The molecule has 0 radical (unpaired) electrons. The van der Waals surface area contributed by atoms with Crippen molar-refractivity contribution < 1.29 is 9.21 Å². The van der Waals surface area contributed by atoms with Gasteiger partial charge in [-0.2, -0.15) is 0 Å². The summed E-state index contributed by atoms with van der Waals surface area (Å²) in [5.41, 5.74) is 5.03. The molecule has 0 aliphatic carbocycles. The Bertz CT molecular complexity index is 878. The van der Waals surface area contributed by atoms with Crippen LogP contribution in [0.1, 0.15) is 48.9 Å². The number of nitrogens with zero attached hydrogens (tertiary/aromatic N) is 1. The smallest absolute Gasteiger partial charge is 0.225 e. The molecule has 1 heterocycles. The standard InChI is InChI=1S/C22H26N2O2/c1-14(2)11-19(22-24-18-7-5-6-8-20(18)26-22)23-21(25)13-17-10-9-15(3)16(4)12-17/h5-10,12,14,19H,11,13H2,1-4H3,(H,23,25)/t19-/m1/s1. The number of hydrogen-bond acceptors (Lipinski definition) is 3. The van der Waals surface area contributed by atoms with Crippen molar-refractivity contribution in [1.29, 1.82) is 0 Å². The minimum atomic E-state index is -0.221. The van der Waals surface area contributed by atoms with Gasteiger partial charge in [0.25, 0.3) is 0 Å². The SMILES string of the molecule is Cc1ccc(CC(=O)N[C@H](CC(C)C)c2nc3ccccc3o2)cc1C. The highest BCUT2D eigenvalue weighted by Gasteiger charge is 2.21. The van der Waals surface area contributed by atoms with E-state index in [1.54, 1.807) is 0 Å². The average Bonchev–Trinajstić information content (AvgIpc) is 3.01. The maximum Gasteiger partial charge on any atom is 0.225 e. The van der Waals surface area contributed by atoms with E-state index in [1.165, 1.54) is 11.1 Å². The number of para-hydroxylation sites is 2. The van der Waals surface area contributed by atoms with Gasteiger partial charge in [0.05, 0.1) is 6.42 Å². The molecule has 0 fully saturated rings. The van der Waals surface area contributed by atoms with Gasteiger partial charge in [-0.1, -0.05) is 44.2 Å². The zero-order chi connectivity index (χ0) is 18.7. The Morgan fingerprint density at radius 3 is 2.58 bits per heavy atom. The molecular weight excluding hydrogens is 324 g/mol. The number of aromatic nitrogens is 1. The van der Waals surface area contributed by atoms with Crippen molar-refractivity contribution in [3.8, 4) is 0 Å². The van der Waals surface area contributed by atoms with E-state index >= 15 is 0 Å². The molecule has 0 spiro atoms. The van der Waals surface area contributed by atoms with Crippen LogP contribution in [0.15, 0.2) is 46.9 Å². The summed E-state index contributed by atoms with van der Waals surface area (Å²) in [5.74, 6) is 0.978. The van der Waals surface area contributed by atoms with Gasteiger partial charge < -0.3 is 9.73 Å². The Hall–Kier alpha value is -2.62. The maximum atomic E-state index is 12.6. The Kier molecular flexibility index (Phi) is 5.40. The second-order valence-electron chi connectivity index (χ2n) is 7.36. The maximum absolute atomic E-state index is 12.6. The summed E-state index contributed by atoms with van der Waals surface area (Å²) >= 11 is 0. The lowest BCUT2D eigenvalue weighted by Crippen LogP contribution is -2.31. The van der Waals surface area contributed by atoms with Crippen molar-refractivity contribution in [2.75, 3.05) is 0 Å². The summed E-state index contributed by atoms with van der Waals surface area (Å²) in [6.45, 7) is 8.40. The van der Waals surface area contributed by atoms with E-state index < -0.39 is 0 Å². The quantitative estimate of drug-likeness (QED) is 0.688. The summed E-state index contributed by atoms with van der Waals surface area (Å²) in [6.07, 6.45) is 1.14. The van der Waals surface area contributed by atoms with E-state index in [0.717, 1.165) is 23.1 Å². The number of carbonyl (C=O) groups excluding carboxylic acids is 1. The van der Waals surface area contributed by atoms with E-state index in [0.29, 0.717) is 18.2 Å². The molecule has 1 aromatic heterocycles. The first kappa shape index (κ1) is 18.2. The second-order valence-corrected chi connectivity index (χ2v) is 7.36. The van der Waals surface area contributed by atoms with Gasteiger partial charge in [-0.3, -0.25) is 4.79 Å².